The highest BCUT2D eigenvalue weighted by atomic mass is 35.5. The number of carbonyl (C=O) groups is 2. The fourth-order valence-electron chi connectivity index (χ4n) is 2.79. The van der Waals surface area contributed by atoms with Gasteiger partial charge >= 0.3 is 0 Å². The third-order valence-corrected chi connectivity index (χ3v) is 4.22. The first-order chi connectivity index (χ1) is 11.6. The average molecular weight is 345 g/mol. The summed E-state index contributed by atoms with van der Waals surface area (Å²) in [6.07, 6.45) is 0.582. The Morgan fingerprint density at radius 3 is 2.79 bits per heavy atom. The fourth-order valence-corrected chi connectivity index (χ4v) is 2.96. The first kappa shape index (κ1) is 16.3. The number of hydrogen-bond acceptors (Lipinski definition) is 3. The lowest BCUT2D eigenvalue weighted by Gasteiger charge is -2.25. The number of benzene rings is 2. The molecule has 24 heavy (non-hydrogen) atoms. The van der Waals surface area contributed by atoms with Crippen molar-refractivity contribution in [2.75, 3.05) is 19.0 Å². The minimum atomic E-state index is -0.327. The summed E-state index contributed by atoms with van der Waals surface area (Å²) in [5.74, 6) is -0.0690. The number of rotatable bonds is 3. The molecule has 5 nitrogen and oxygen atoms in total. The van der Waals surface area contributed by atoms with E-state index >= 15 is 0 Å². The molecule has 2 aromatic carbocycles. The topological polar surface area (TPSA) is 67.4 Å². The highest BCUT2D eigenvalue weighted by Gasteiger charge is 2.28. The maximum Gasteiger partial charge on any atom is 0.253 e. The highest BCUT2D eigenvalue weighted by molar-refractivity contribution is 6.31. The van der Waals surface area contributed by atoms with Crippen LogP contribution >= 0.6 is 11.6 Å². The molecule has 1 aliphatic rings. The van der Waals surface area contributed by atoms with Crippen molar-refractivity contribution in [3.8, 4) is 5.75 Å². The highest BCUT2D eigenvalue weighted by Crippen LogP contribution is 2.34. The van der Waals surface area contributed by atoms with Crippen molar-refractivity contribution in [1.82, 2.24) is 5.32 Å². The lowest BCUT2D eigenvalue weighted by Crippen LogP contribution is -2.28. The Morgan fingerprint density at radius 2 is 2.00 bits per heavy atom. The lowest BCUT2D eigenvalue weighted by molar-refractivity contribution is -0.118. The van der Waals surface area contributed by atoms with Crippen LogP contribution in [-0.4, -0.2) is 25.5 Å². The molecule has 1 atom stereocenters. The van der Waals surface area contributed by atoms with Crippen molar-refractivity contribution in [3.63, 3.8) is 0 Å². The van der Waals surface area contributed by atoms with Gasteiger partial charge in [0.15, 0.2) is 0 Å². The van der Waals surface area contributed by atoms with Gasteiger partial charge in [0.05, 0.1) is 23.8 Å². The summed E-state index contributed by atoms with van der Waals surface area (Å²) in [5, 5.41) is 5.84. The Morgan fingerprint density at radius 1 is 1.21 bits per heavy atom. The average Bonchev–Trinajstić information content (AvgIpc) is 2.60. The summed E-state index contributed by atoms with van der Waals surface area (Å²) in [6.45, 7) is 0.479. The maximum atomic E-state index is 12.8. The molecule has 0 spiro atoms. The number of para-hydroxylation sites is 1. The molecule has 0 unspecified atom stereocenters. The van der Waals surface area contributed by atoms with Crippen LogP contribution in [0.4, 0.5) is 5.69 Å². The summed E-state index contributed by atoms with van der Waals surface area (Å²) >= 11 is 6.01. The van der Waals surface area contributed by atoms with Crippen molar-refractivity contribution >= 4 is 29.1 Å². The van der Waals surface area contributed by atoms with Gasteiger partial charge in [0.2, 0.25) is 5.91 Å². The number of carbonyl (C=O) groups excluding carboxylic acids is 2. The van der Waals surface area contributed by atoms with E-state index in [0.29, 0.717) is 29.3 Å². The van der Waals surface area contributed by atoms with E-state index in [9.17, 15) is 9.59 Å². The van der Waals surface area contributed by atoms with Gasteiger partial charge in [-0.3, -0.25) is 9.59 Å². The van der Waals surface area contributed by atoms with Crippen LogP contribution in [-0.2, 0) is 4.79 Å². The fraction of sp³-hybridized carbons (Fsp3) is 0.222. The quantitative estimate of drug-likeness (QED) is 0.898. The predicted octanol–water partition coefficient (Wildman–Crippen LogP) is 3.20. The number of fused-ring (bicyclic) bond motifs is 1. The SMILES string of the molecule is CNC(=O)c1ccc(Cl)cc1NC(=O)[C@@H]1CCOc2ccccc21. The first-order valence-electron chi connectivity index (χ1n) is 7.64. The number of halogens is 1. The van der Waals surface area contributed by atoms with Crippen molar-refractivity contribution in [2.24, 2.45) is 0 Å². The third-order valence-electron chi connectivity index (χ3n) is 3.99. The van der Waals surface area contributed by atoms with Crippen LogP contribution in [0.3, 0.4) is 0 Å². The molecular formula is C18H17ClN2O3. The molecular weight excluding hydrogens is 328 g/mol. The molecule has 3 rings (SSSR count). The minimum Gasteiger partial charge on any atom is -0.493 e. The van der Waals surface area contributed by atoms with Crippen molar-refractivity contribution < 1.29 is 14.3 Å². The molecule has 0 aliphatic carbocycles. The van der Waals surface area contributed by atoms with Gasteiger partial charge in [-0.2, -0.15) is 0 Å². The normalized spacial score (nSPS) is 15.8. The van der Waals surface area contributed by atoms with Gasteiger partial charge in [0.1, 0.15) is 5.75 Å². The molecule has 0 saturated heterocycles. The Bertz CT molecular complexity index is 792. The Kier molecular flexibility index (Phi) is 4.71. The smallest absolute Gasteiger partial charge is 0.253 e. The van der Waals surface area contributed by atoms with Crippen LogP contribution in [0, 0.1) is 0 Å². The van der Waals surface area contributed by atoms with Crippen LogP contribution in [0.15, 0.2) is 42.5 Å². The molecule has 1 aliphatic heterocycles. The van der Waals surface area contributed by atoms with Crippen LogP contribution in [0.2, 0.25) is 5.02 Å². The zero-order chi connectivity index (χ0) is 17.1. The maximum absolute atomic E-state index is 12.8. The van der Waals surface area contributed by atoms with E-state index < -0.39 is 0 Å². The van der Waals surface area contributed by atoms with E-state index in [2.05, 4.69) is 10.6 Å². The van der Waals surface area contributed by atoms with Gasteiger partial charge in [-0.15, -0.1) is 0 Å². The molecule has 2 amide bonds. The number of ether oxygens (including phenoxy) is 1. The van der Waals surface area contributed by atoms with Crippen molar-refractivity contribution in [1.29, 1.82) is 0 Å². The first-order valence-corrected chi connectivity index (χ1v) is 8.02. The van der Waals surface area contributed by atoms with E-state index in [-0.39, 0.29) is 17.7 Å². The molecule has 124 valence electrons. The number of nitrogens with one attached hydrogen (secondary N) is 2. The molecule has 0 saturated carbocycles. The van der Waals surface area contributed by atoms with E-state index in [1.165, 1.54) is 7.05 Å². The minimum absolute atomic E-state index is 0.182. The van der Waals surface area contributed by atoms with Crippen molar-refractivity contribution in [2.45, 2.75) is 12.3 Å². The Balaban J connectivity index is 1.89. The monoisotopic (exact) mass is 344 g/mol. The van der Waals surface area contributed by atoms with Gasteiger partial charge in [-0.25, -0.2) is 0 Å². The van der Waals surface area contributed by atoms with Gasteiger partial charge in [-0.1, -0.05) is 29.8 Å². The molecule has 0 aromatic heterocycles. The van der Waals surface area contributed by atoms with Gasteiger partial charge in [-0.05, 0) is 30.7 Å². The molecule has 0 fully saturated rings. The molecule has 0 radical (unpaired) electrons. The van der Waals surface area contributed by atoms with E-state index in [0.717, 1.165) is 11.3 Å². The van der Waals surface area contributed by atoms with E-state index in [1.54, 1.807) is 18.2 Å². The summed E-state index contributed by atoms with van der Waals surface area (Å²) in [5.41, 5.74) is 1.62. The van der Waals surface area contributed by atoms with Crippen LogP contribution in [0.1, 0.15) is 28.3 Å². The number of amides is 2. The Hall–Kier alpha value is -2.53. The number of hydrogen-bond donors (Lipinski definition) is 2. The zero-order valence-corrected chi connectivity index (χ0v) is 13.9. The van der Waals surface area contributed by atoms with Crippen LogP contribution < -0.4 is 15.4 Å². The van der Waals surface area contributed by atoms with Gasteiger partial charge in [0.25, 0.3) is 5.91 Å². The lowest BCUT2D eigenvalue weighted by atomic mass is 9.92. The zero-order valence-electron chi connectivity index (χ0n) is 13.1. The van der Waals surface area contributed by atoms with Gasteiger partial charge < -0.3 is 15.4 Å². The molecule has 2 N–H and O–H groups in total. The van der Waals surface area contributed by atoms with Crippen molar-refractivity contribution in [3.05, 3.63) is 58.6 Å². The summed E-state index contributed by atoms with van der Waals surface area (Å²) in [6, 6.07) is 12.3. The molecule has 6 heteroatoms. The van der Waals surface area contributed by atoms with Gasteiger partial charge in [0, 0.05) is 17.6 Å². The molecule has 1 heterocycles. The standard InChI is InChI=1S/C18H17ClN2O3/c1-20-17(22)14-7-6-11(19)10-15(14)21-18(23)13-8-9-24-16-5-3-2-4-12(13)16/h2-7,10,13H,8-9H2,1H3,(H,20,22)(H,21,23)/t13-/m1/s1. The van der Waals surface area contributed by atoms with E-state index in [4.69, 9.17) is 16.3 Å². The molecule has 2 aromatic rings. The predicted molar refractivity (Wildman–Crippen MR) is 92.8 cm³/mol. The van der Waals surface area contributed by atoms with Crippen LogP contribution in [0.25, 0.3) is 0 Å². The largest absolute Gasteiger partial charge is 0.493 e. The summed E-state index contributed by atoms with van der Waals surface area (Å²) in [7, 11) is 1.54. The summed E-state index contributed by atoms with van der Waals surface area (Å²) < 4.78 is 5.59. The Labute approximate surface area is 145 Å². The molecule has 0 bridgehead atoms. The number of anilines is 1. The van der Waals surface area contributed by atoms with E-state index in [1.807, 2.05) is 24.3 Å². The second kappa shape index (κ2) is 6.93. The third kappa shape index (κ3) is 3.21. The summed E-state index contributed by atoms with van der Waals surface area (Å²) in [4.78, 5) is 24.7. The second-order valence-corrected chi connectivity index (χ2v) is 5.92. The van der Waals surface area contributed by atoms with Crippen LogP contribution in [0.5, 0.6) is 5.75 Å². The second-order valence-electron chi connectivity index (χ2n) is 5.49.